The van der Waals surface area contributed by atoms with Gasteiger partial charge in [-0.05, 0) is 55.3 Å². The molecule has 0 spiro atoms. The van der Waals surface area contributed by atoms with Crippen LogP contribution < -0.4 is 14.4 Å². The highest BCUT2D eigenvalue weighted by Gasteiger charge is 2.25. The van der Waals surface area contributed by atoms with Crippen molar-refractivity contribution in [2.24, 2.45) is 0 Å². The van der Waals surface area contributed by atoms with Crippen LogP contribution in [0.15, 0.2) is 46.7 Å². The fourth-order valence-electron chi connectivity index (χ4n) is 3.24. The number of aromatic nitrogens is 1. The van der Waals surface area contributed by atoms with Crippen LogP contribution in [0.5, 0.6) is 5.75 Å². The Kier molecular flexibility index (Phi) is 5.67. The minimum absolute atomic E-state index is 0.0117. The van der Waals surface area contributed by atoms with Crippen molar-refractivity contribution in [2.45, 2.75) is 25.2 Å². The van der Waals surface area contributed by atoms with E-state index in [0.717, 1.165) is 29.4 Å². The third-order valence-electron chi connectivity index (χ3n) is 4.81. The molecule has 2 aromatic carbocycles. The Morgan fingerprint density at radius 2 is 2.06 bits per heavy atom. The molecule has 10 heteroatoms. The summed E-state index contributed by atoms with van der Waals surface area (Å²) in [6, 6.07) is 9.02. The highest BCUT2D eigenvalue weighted by atomic mass is 32.2. The van der Waals surface area contributed by atoms with Crippen molar-refractivity contribution in [1.29, 1.82) is 0 Å². The number of amides is 1. The number of sulfonamides is 1. The van der Waals surface area contributed by atoms with Gasteiger partial charge in [-0.1, -0.05) is 6.92 Å². The molecule has 4 rings (SSSR count). The first-order chi connectivity index (χ1) is 14.8. The molecule has 0 atom stereocenters. The van der Waals surface area contributed by atoms with Crippen molar-refractivity contribution in [3.05, 3.63) is 53.2 Å². The van der Waals surface area contributed by atoms with E-state index in [0.29, 0.717) is 23.7 Å². The quantitative estimate of drug-likeness (QED) is 0.595. The largest absolute Gasteiger partial charge is 0.482 e. The summed E-state index contributed by atoms with van der Waals surface area (Å²) >= 11 is 1.14. The van der Waals surface area contributed by atoms with E-state index in [4.69, 9.17) is 4.74 Å². The first kappa shape index (κ1) is 21.3. The molecule has 1 aliphatic rings. The molecule has 2 heterocycles. The molecular weight excluding hydrogens is 441 g/mol. The summed E-state index contributed by atoms with van der Waals surface area (Å²) in [5, 5.41) is 1.91. The molecule has 0 saturated heterocycles. The van der Waals surface area contributed by atoms with E-state index in [-0.39, 0.29) is 28.1 Å². The number of anilines is 2. The lowest BCUT2D eigenvalue weighted by Gasteiger charge is -2.29. The molecule has 0 radical (unpaired) electrons. The number of hydrogen-bond donors (Lipinski definition) is 1. The predicted molar refractivity (Wildman–Crippen MR) is 118 cm³/mol. The maximum Gasteiger partial charge on any atom is 0.265 e. The minimum atomic E-state index is -3.90. The third-order valence-corrected chi connectivity index (χ3v) is 7.03. The Morgan fingerprint density at radius 3 is 2.81 bits per heavy atom. The number of ether oxygens (including phenoxy) is 1. The van der Waals surface area contributed by atoms with Gasteiger partial charge in [0.05, 0.1) is 16.3 Å². The summed E-state index contributed by atoms with van der Waals surface area (Å²) < 4.78 is 46.7. The van der Waals surface area contributed by atoms with Crippen LogP contribution in [-0.4, -0.2) is 32.5 Å². The van der Waals surface area contributed by atoms with Crippen LogP contribution in [0.1, 0.15) is 18.9 Å². The zero-order chi connectivity index (χ0) is 22.2. The van der Waals surface area contributed by atoms with E-state index in [1.807, 2.05) is 19.1 Å². The predicted octanol–water partition coefficient (Wildman–Crippen LogP) is 4.19. The lowest BCUT2D eigenvalue weighted by Crippen LogP contribution is -2.39. The van der Waals surface area contributed by atoms with Gasteiger partial charge < -0.3 is 9.64 Å². The Hall–Kier alpha value is -2.98. The van der Waals surface area contributed by atoms with Crippen molar-refractivity contribution in [1.82, 2.24) is 4.98 Å². The molecule has 1 amide bonds. The molecule has 0 aliphatic carbocycles. The molecule has 1 aliphatic heterocycles. The summed E-state index contributed by atoms with van der Waals surface area (Å²) in [4.78, 5) is 18.3. The average molecular weight is 462 g/mol. The van der Waals surface area contributed by atoms with E-state index < -0.39 is 15.8 Å². The Morgan fingerprint density at radius 1 is 1.26 bits per heavy atom. The van der Waals surface area contributed by atoms with E-state index in [1.165, 1.54) is 19.1 Å². The number of thiazole rings is 1. The molecule has 0 bridgehead atoms. The maximum atomic E-state index is 13.5. The van der Waals surface area contributed by atoms with E-state index in [9.17, 15) is 17.6 Å². The van der Waals surface area contributed by atoms with Crippen molar-refractivity contribution in [3.8, 4) is 17.0 Å². The van der Waals surface area contributed by atoms with Crippen molar-refractivity contribution in [3.63, 3.8) is 0 Å². The SMILES string of the molecule is CCCN1C(=O)COc2ccc(-c3csc(NS(=O)(=O)c4ccc(F)c(C)c4)n3)cc21. The Balaban J connectivity index is 1.60. The van der Waals surface area contributed by atoms with Crippen LogP contribution in [0.3, 0.4) is 0 Å². The van der Waals surface area contributed by atoms with Crippen molar-refractivity contribution in [2.75, 3.05) is 22.8 Å². The highest BCUT2D eigenvalue weighted by molar-refractivity contribution is 7.93. The molecule has 0 fully saturated rings. The van der Waals surface area contributed by atoms with Crippen LogP contribution in [0, 0.1) is 12.7 Å². The van der Waals surface area contributed by atoms with Crippen LogP contribution >= 0.6 is 11.3 Å². The maximum absolute atomic E-state index is 13.5. The Bertz CT molecular complexity index is 1260. The molecule has 3 aromatic rings. The van der Waals surface area contributed by atoms with Gasteiger partial charge in [-0.3, -0.25) is 9.52 Å². The molecular formula is C21H20FN3O4S2. The second kappa shape index (κ2) is 8.27. The number of carbonyl (C=O) groups excluding carboxylic acids is 1. The van der Waals surface area contributed by atoms with Crippen molar-refractivity contribution >= 4 is 38.1 Å². The average Bonchev–Trinajstić information content (AvgIpc) is 3.19. The minimum Gasteiger partial charge on any atom is -0.482 e. The number of benzene rings is 2. The Labute approximate surface area is 183 Å². The highest BCUT2D eigenvalue weighted by Crippen LogP contribution is 2.37. The first-order valence-corrected chi connectivity index (χ1v) is 12.0. The lowest BCUT2D eigenvalue weighted by atomic mass is 10.1. The van der Waals surface area contributed by atoms with E-state index in [2.05, 4.69) is 9.71 Å². The van der Waals surface area contributed by atoms with Crippen LogP contribution in [-0.2, 0) is 14.8 Å². The fourth-order valence-corrected chi connectivity index (χ4v) is 5.30. The molecule has 7 nitrogen and oxygen atoms in total. The van der Waals surface area contributed by atoms with Gasteiger partial charge in [0.2, 0.25) is 0 Å². The fraction of sp³-hybridized carbons (Fsp3) is 0.238. The van der Waals surface area contributed by atoms with Gasteiger partial charge in [-0.25, -0.2) is 17.8 Å². The second-order valence-corrected chi connectivity index (χ2v) is 9.61. The normalized spacial score (nSPS) is 13.6. The van der Waals surface area contributed by atoms with Gasteiger partial charge in [0.25, 0.3) is 15.9 Å². The number of fused-ring (bicyclic) bond motifs is 1. The summed E-state index contributed by atoms with van der Waals surface area (Å²) in [7, 11) is -3.90. The molecule has 0 unspecified atom stereocenters. The monoisotopic (exact) mass is 461 g/mol. The number of hydrogen-bond acceptors (Lipinski definition) is 6. The molecule has 162 valence electrons. The van der Waals surface area contributed by atoms with Gasteiger partial charge in [-0.15, -0.1) is 11.3 Å². The zero-order valence-electron chi connectivity index (χ0n) is 16.9. The van der Waals surface area contributed by atoms with E-state index >= 15 is 0 Å². The number of nitrogens with zero attached hydrogens (tertiary/aromatic N) is 2. The number of rotatable bonds is 6. The molecule has 1 N–H and O–H groups in total. The number of aryl methyl sites for hydroxylation is 1. The standard InChI is InChI=1S/C21H20FN3O4S2/c1-3-8-25-18-10-14(4-7-19(18)29-11-20(25)26)17-12-30-21(23-17)24-31(27,28)15-5-6-16(22)13(2)9-15/h4-7,9-10,12H,3,8,11H2,1-2H3,(H,23,24). The lowest BCUT2D eigenvalue weighted by molar-refractivity contribution is -0.121. The third kappa shape index (κ3) is 4.26. The van der Waals surface area contributed by atoms with Gasteiger partial charge in [0.1, 0.15) is 11.6 Å². The summed E-state index contributed by atoms with van der Waals surface area (Å²) in [5.41, 5.74) is 2.21. The van der Waals surface area contributed by atoms with Gasteiger partial charge >= 0.3 is 0 Å². The first-order valence-electron chi connectivity index (χ1n) is 9.60. The van der Waals surface area contributed by atoms with Crippen molar-refractivity contribution < 1.29 is 22.3 Å². The molecule has 0 saturated carbocycles. The van der Waals surface area contributed by atoms with Gasteiger partial charge in [0.15, 0.2) is 11.7 Å². The summed E-state index contributed by atoms with van der Waals surface area (Å²) in [6.45, 7) is 4.09. The zero-order valence-corrected chi connectivity index (χ0v) is 18.5. The number of nitrogens with one attached hydrogen (secondary N) is 1. The number of halogens is 1. The smallest absolute Gasteiger partial charge is 0.265 e. The summed E-state index contributed by atoms with van der Waals surface area (Å²) in [6.07, 6.45) is 0.806. The van der Waals surface area contributed by atoms with E-state index in [1.54, 1.807) is 16.3 Å². The topological polar surface area (TPSA) is 88.6 Å². The van der Waals surface area contributed by atoms with Crippen LogP contribution in [0.4, 0.5) is 15.2 Å². The summed E-state index contributed by atoms with van der Waals surface area (Å²) in [5.74, 6) is 0.0509. The van der Waals surface area contributed by atoms with Gasteiger partial charge in [0, 0.05) is 17.5 Å². The van der Waals surface area contributed by atoms with Gasteiger partial charge in [-0.2, -0.15) is 0 Å². The van der Waals surface area contributed by atoms with Crippen LogP contribution in [0.2, 0.25) is 0 Å². The number of carbonyl (C=O) groups is 1. The van der Waals surface area contributed by atoms with Crippen LogP contribution in [0.25, 0.3) is 11.3 Å². The molecule has 1 aromatic heterocycles. The molecule has 31 heavy (non-hydrogen) atoms. The second-order valence-electron chi connectivity index (χ2n) is 7.07.